The lowest BCUT2D eigenvalue weighted by molar-refractivity contribution is 0.470. The number of rotatable bonds is 3. The second-order valence-electron chi connectivity index (χ2n) is 3.70. The predicted molar refractivity (Wildman–Crippen MR) is 68.9 cm³/mol. The van der Waals surface area contributed by atoms with Crippen molar-refractivity contribution in [3.63, 3.8) is 0 Å². The van der Waals surface area contributed by atoms with Gasteiger partial charge in [0.15, 0.2) is 0 Å². The monoisotopic (exact) mass is 282 g/mol. The summed E-state index contributed by atoms with van der Waals surface area (Å²) in [6.07, 6.45) is 0. The maximum Gasteiger partial charge on any atom is 0.145 e. The number of nitrogens with two attached hydrogens (primary N) is 1. The SMILES string of the molecule is N=C(N)c1c(F)cccc1Oc1ccc(Cl)c(F)c1. The van der Waals surface area contributed by atoms with Gasteiger partial charge in [-0.15, -0.1) is 0 Å². The van der Waals surface area contributed by atoms with Crippen LogP contribution >= 0.6 is 11.6 Å². The van der Waals surface area contributed by atoms with Gasteiger partial charge in [0.1, 0.15) is 29.0 Å². The zero-order valence-corrected chi connectivity index (χ0v) is 10.3. The van der Waals surface area contributed by atoms with Gasteiger partial charge in [0.05, 0.1) is 10.6 Å². The Morgan fingerprint density at radius 3 is 2.53 bits per heavy atom. The maximum atomic E-state index is 13.6. The lowest BCUT2D eigenvalue weighted by Gasteiger charge is -2.11. The summed E-state index contributed by atoms with van der Waals surface area (Å²) in [5.41, 5.74) is 5.12. The van der Waals surface area contributed by atoms with Crippen LogP contribution in [0.2, 0.25) is 5.02 Å². The molecule has 0 fully saturated rings. The summed E-state index contributed by atoms with van der Waals surface area (Å²) < 4.78 is 32.1. The third kappa shape index (κ3) is 2.82. The number of nitrogens with one attached hydrogen (secondary N) is 1. The Morgan fingerprint density at radius 1 is 1.16 bits per heavy atom. The molecular weight excluding hydrogens is 274 g/mol. The van der Waals surface area contributed by atoms with Gasteiger partial charge in [-0.1, -0.05) is 17.7 Å². The second kappa shape index (κ2) is 5.24. The zero-order chi connectivity index (χ0) is 14.0. The summed E-state index contributed by atoms with van der Waals surface area (Å²) >= 11 is 5.55. The van der Waals surface area contributed by atoms with Crippen molar-refractivity contribution in [1.82, 2.24) is 0 Å². The molecule has 0 unspecified atom stereocenters. The number of hydrogen-bond donors (Lipinski definition) is 2. The molecule has 0 heterocycles. The Hall–Kier alpha value is -2.14. The van der Waals surface area contributed by atoms with E-state index in [0.717, 1.165) is 12.1 Å². The Balaban J connectivity index is 2.40. The topological polar surface area (TPSA) is 59.1 Å². The van der Waals surface area contributed by atoms with E-state index in [1.54, 1.807) is 0 Å². The first-order valence-electron chi connectivity index (χ1n) is 5.25. The van der Waals surface area contributed by atoms with E-state index in [9.17, 15) is 8.78 Å². The summed E-state index contributed by atoms with van der Waals surface area (Å²) in [7, 11) is 0. The van der Waals surface area contributed by atoms with Crippen molar-refractivity contribution in [1.29, 1.82) is 5.41 Å². The van der Waals surface area contributed by atoms with Crippen LogP contribution in [0.25, 0.3) is 0 Å². The number of benzene rings is 2. The summed E-state index contributed by atoms with van der Waals surface area (Å²) in [4.78, 5) is 0. The second-order valence-corrected chi connectivity index (χ2v) is 4.11. The third-order valence-corrected chi connectivity index (χ3v) is 2.67. The molecule has 0 aliphatic rings. The maximum absolute atomic E-state index is 13.6. The molecule has 98 valence electrons. The fourth-order valence-corrected chi connectivity index (χ4v) is 1.64. The standard InChI is InChI=1S/C13H9ClF2N2O/c14-8-5-4-7(6-10(8)16)19-11-3-1-2-9(15)12(11)13(17)18/h1-6H,(H3,17,18). The number of hydrogen-bond acceptors (Lipinski definition) is 2. The highest BCUT2D eigenvalue weighted by Crippen LogP contribution is 2.29. The molecule has 0 saturated heterocycles. The molecule has 2 aromatic carbocycles. The normalized spacial score (nSPS) is 10.3. The van der Waals surface area contributed by atoms with Crippen molar-refractivity contribution in [2.45, 2.75) is 0 Å². The Morgan fingerprint density at radius 2 is 1.89 bits per heavy atom. The number of halogens is 3. The molecule has 0 saturated carbocycles. The van der Waals surface area contributed by atoms with E-state index in [0.29, 0.717) is 0 Å². The van der Waals surface area contributed by atoms with Gasteiger partial charge < -0.3 is 10.5 Å². The summed E-state index contributed by atoms with van der Waals surface area (Å²) in [6, 6.07) is 7.82. The van der Waals surface area contributed by atoms with E-state index in [1.165, 1.54) is 24.3 Å². The Labute approximate surface area is 113 Å². The minimum absolute atomic E-state index is 0.0363. The minimum atomic E-state index is -0.681. The van der Waals surface area contributed by atoms with Crippen molar-refractivity contribution in [3.05, 3.63) is 58.6 Å². The van der Waals surface area contributed by atoms with Crippen LogP contribution in [0, 0.1) is 17.0 Å². The number of amidine groups is 1. The summed E-state index contributed by atoms with van der Waals surface area (Å²) in [5.74, 6) is -1.63. The molecule has 2 rings (SSSR count). The lowest BCUT2D eigenvalue weighted by atomic mass is 10.1. The van der Waals surface area contributed by atoms with Crippen LogP contribution in [0.3, 0.4) is 0 Å². The Kier molecular flexibility index (Phi) is 3.66. The first-order valence-corrected chi connectivity index (χ1v) is 5.62. The van der Waals surface area contributed by atoms with Crippen LogP contribution in [0.1, 0.15) is 5.56 Å². The summed E-state index contributed by atoms with van der Waals surface area (Å²) in [5, 5.41) is 7.28. The van der Waals surface area contributed by atoms with Gasteiger partial charge in [0.25, 0.3) is 0 Å². The first-order chi connectivity index (χ1) is 8.99. The van der Waals surface area contributed by atoms with Crippen LogP contribution in [0.4, 0.5) is 8.78 Å². The van der Waals surface area contributed by atoms with Gasteiger partial charge in [0.2, 0.25) is 0 Å². The quantitative estimate of drug-likeness (QED) is 0.666. The molecule has 0 aliphatic carbocycles. The molecule has 6 heteroatoms. The van der Waals surface area contributed by atoms with E-state index < -0.39 is 17.5 Å². The van der Waals surface area contributed by atoms with Crippen LogP contribution in [0.15, 0.2) is 36.4 Å². The largest absolute Gasteiger partial charge is 0.456 e. The van der Waals surface area contributed by atoms with Crippen molar-refractivity contribution in [2.24, 2.45) is 5.73 Å². The van der Waals surface area contributed by atoms with Gasteiger partial charge in [-0.25, -0.2) is 8.78 Å². The Bertz CT molecular complexity index is 647. The first kappa shape index (κ1) is 13.3. The highest BCUT2D eigenvalue weighted by molar-refractivity contribution is 6.30. The highest BCUT2D eigenvalue weighted by atomic mass is 35.5. The molecule has 0 bridgehead atoms. The van der Waals surface area contributed by atoms with Crippen LogP contribution in [-0.4, -0.2) is 5.84 Å². The molecule has 0 aromatic heterocycles. The lowest BCUT2D eigenvalue weighted by Crippen LogP contribution is -2.14. The molecule has 0 radical (unpaired) electrons. The molecule has 19 heavy (non-hydrogen) atoms. The molecule has 2 aromatic rings. The smallest absolute Gasteiger partial charge is 0.145 e. The zero-order valence-electron chi connectivity index (χ0n) is 9.58. The summed E-state index contributed by atoms with van der Waals surface area (Å²) in [6.45, 7) is 0. The number of nitrogen functional groups attached to an aromatic ring is 1. The minimum Gasteiger partial charge on any atom is -0.456 e. The average molecular weight is 283 g/mol. The van der Waals surface area contributed by atoms with E-state index in [4.69, 9.17) is 27.5 Å². The van der Waals surface area contributed by atoms with E-state index in [-0.39, 0.29) is 22.1 Å². The molecule has 0 amide bonds. The molecule has 0 atom stereocenters. The predicted octanol–water partition coefficient (Wildman–Crippen LogP) is 3.69. The van der Waals surface area contributed by atoms with Gasteiger partial charge in [-0.05, 0) is 24.3 Å². The van der Waals surface area contributed by atoms with Gasteiger partial charge in [0, 0.05) is 6.07 Å². The third-order valence-electron chi connectivity index (χ3n) is 2.36. The molecule has 0 spiro atoms. The van der Waals surface area contributed by atoms with Gasteiger partial charge in [-0.3, -0.25) is 5.41 Å². The average Bonchev–Trinajstić information content (AvgIpc) is 2.33. The van der Waals surface area contributed by atoms with Crippen LogP contribution in [0.5, 0.6) is 11.5 Å². The highest BCUT2D eigenvalue weighted by Gasteiger charge is 2.13. The number of ether oxygens (including phenoxy) is 1. The van der Waals surface area contributed by atoms with Gasteiger partial charge >= 0.3 is 0 Å². The van der Waals surface area contributed by atoms with E-state index in [1.807, 2.05) is 0 Å². The van der Waals surface area contributed by atoms with Crippen molar-refractivity contribution in [3.8, 4) is 11.5 Å². The molecule has 0 aliphatic heterocycles. The molecular formula is C13H9ClF2N2O. The van der Waals surface area contributed by atoms with Gasteiger partial charge in [-0.2, -0.15) is 0 Å². The van der Waals surface area contributed by atoms with Crippen molar-refractivity contribution >= 4 is 17.4 Å². The molecule has 3 N–H and O–H groups in total. The van der Waals surface area contributed by atoms with Crippen molar-refractivity contribution in [2.75, 3.05) is 0 Å². The van der Waals surface area contributed by atoms with E-state index in [2.05, 4.69) is 0 Å². The fourth-order valence-electron chi connectivity index (χ4n) is 1.52. The van der Waals surface area contributed by atoms with Crippen molar-refractivity contribution < 1.29 is 13.5 Å². The fraction of sp³-hybridized carbons (Fsp3) is 0. The van der Waals surface area contributed by atoms with Crippen LogP contribution in [-0.2, 0) is 0 Å². The van der Waals surface area contributed by atoms with E-state index >= 15 is 0 Å². The van der Waals surface area contributed by atoms with Crippen LogP contribution < -0.4 is 10.5 Å². The molecule has 3 nitrogen and oxygen atoms in total.